The minimum atomic E-state index is -7.00. The highest BCUT2D eigenvalue weighted by atomic mass is 32.2. The van der Waals surface area contributed by atoms with Crippen molar-refractivity contribution in [2.75, 3.05) is 24.7 Å². The SMILES string of the molecule is O=S(=O)(O)CCCC(F)(F)C(F)(F)C(F)(F)C(F)(F)F.O=S(=O)(O)CCCC(F)(F)C(F)(F)C(F)(F)C(F)(F)F.OCCCCO. The average Bonchev–Trinajstić information content (AvgIpc) is 2.79. The van der Waals surface area contributed by atoms with Gasteiger partial charge in [-0.3, -0.25) is 9.11 Å². The van der Waals surface area contributed by atoms with E-state index in [0.29, 0.717) is 0 Å². The summed E-state index contributed by atoms with van der Waals surface area (Å²) >= 11 is 0. The van der Waals surface area contributed by atoms with Crippen LogP contribution < -0.4 is 0 Å². The first kappa shape index (κ1) is 48.9. The van der Waals surface area contributed by atoms with Crippen molar-refractivity contribution in [1.29, 1.82) is 0 Å². The zero-order chi connectivity index (χ0) is 38.1. The van der Waals surface area contributed by atoms with E-state index >= 15 is 0 Å². The summed E-state index contributed by atoms with van der Waals surface area (Å²) in [6.07, 6.45) is -19.8. The fraction of sp³-hybridized carbons (Fsp3) is 1.00. The van der Waals surface area contributed by atoms with E-state index in [4.69, 9.17) is 19.3 Å². The molecule has 28 heteroatoms. The van der Waals surface area contributed by atoms with Gasteiger partial charge in [-0.1, -0.05) is 0 Å². The summed E-state index contributed by atoms with van der Waals surface area (Å²) < 4.78 is 278. The molecule has 0 bridgehead atoms. The number of aliphatic hydroxyl groups excluding tert-OH is 2. The van der Waals surface area contributed by atoms with Crippen LogP contribution in [0.1, 0.15) is 38.5 Å². The van der Waals surface area contributed by atoms with Gasteiger partial charge in [-0.05, 0) is 25.7 Å². The molecule has 0 saturated heterocycles. The molecule has 0 amide bonds. The molecule has 0 aromatic rings. The first-order valence-electron chi connectivity index (χ1n) is 11.4. The van der Waals surface area contributed by atoms with Gasteiger partial charge in [0.05, 0.1) is 11.5 Å². The summed E-state index contributed by atoms with van der Waals surface area (Å²) in [6.45, 7) is 0.390. The average molecular weight is 774 g/mol. The molecular weight excluding hydrogens is 750 g/mol. The van der Waals surface area contributed by atoms with Gasteiger partial charge in [0.15, 0.2) is 0 Å². The second-order valence-electron chi connectivity index (χ2n) is 8.64. The maximum Gasteiger partial charge on any atom is 0.460 e. The summed E-state index contributed by atoms with van der Waals surface area (Å²) in [7, 11) is -9.69. The summed E-state index contributed by atoms with van der Waals surface area (Å²) in [5, 5.41) is 16.2. The van der Waals surface area contributed by atoms with Crippen molar-refractivity contribution in [3.63, 3.8) is 0 Å². The predicted octanol–water partition coefficient (Wildman–Crippen LogP) is 6.00. The van der Waals surface area contributed by atoms with Crippen molar-refractivity contribution < 1.29 is 115 Å². The second-order valence-corrected chi connectivity index (χ2v) is 11.8. The first-order valence-corrected chi connectivity index (χ1v) is 14.6. The van der Waals surface area contributed by atoms with E-state index < -0.39 is 105 Å². The summed E-state index contributed by atoms with van der Waals surface area (Å²) in [6, 6.07) is 0. The van der Waals surface area contributed by atoms with Gasteiger partial charge < -0.3 is 10.2 Å². The van der Waals surface area contributed by atoms with Crippen molar-refractivity contribution in [2.45, 2.75) is 86.4 Å². The lowest BCUT2D eigenvalue weighted by molar-refractivity contribution is -0.396. The fourth-order valence-electron chi connectivity index (χ4n) is 2.31. The van der Waals surface area contributed by atoms with Crippen LogP contribution in [0.15, 0.2) is 0 Å². The van der Waals surface area contributed by atoms with Crippen LogP contribution in [0, 0.1) is 0 Å². The summed E-state index contributed by atoms with van der Waals surface area (Å²) in [5.41, 5.74) is 0. The monoisotopic (exact) mass is 774 g/mol. The number of unbranched alkanes of at least 4 members (excludes halogenated alkanes) is 1. The highest BCUT2D eigenvalue weighted by Crippen LogP contribution is 2.55. The summed E-state index contributed by atoms with van der Waals surface area (Å²) in [4.78, 5) is 0. The topological polar surface area (TPSA) is 149 Å². The van der Waals surface area contributed by atoms with Crippen molar-refractivity contribution in [3.8, 4) is 0 Å². The van der Waals surface area contributed by atoms with Gasteiger partial charge in [-0.15, -0.1) is 0 Å². The Morgan fingerprint density at radius 1 is 0.391 bits per heavy atom. The molecule has 0 spiro atoms. The van der Waals surface area contributed by atoms with Gasteiger partial charge in [0.25, 0.3) is 20.2 Å². The van der Waals surface area contributed by atoms with Crippen LogP contribution in [0.2, 0.25) is 0 Å². The Morgan fingerprint density at radius 3 is 0.761 bits per heavy atom. The Balaban J connectivity index is -0.000000682. The minimum Gasteiger partial charge on any atom is -0.396 e. The normalized spacial score (nSPS) is 14.7. The van der Waals surface area contributed by atoms with Crippen LogP contribution in [-0.4, -0.2) is 109 Å². The third-order valence-electron chi connectivity index (χ3n) is 4.77. The van der Waals surface area contributed by atoms with Gasteiger partial charge in [-0.2, -0.15) is 95.9 Å². The number of hydrogen-bond donors (Lipinski definition) is 4. The van der Waals surface area contributed by atoms with Gasteiger partial charge >= 0.3 is 47.9 Å². The van der Waals surface area contributed by atoms with Crippen LogP contribution in [0.5, 0.6) is 0 Å². The molecule has 0 heterocycles. The highest BCUT2D eigenvalue weighted by molar-refractivity contribution is 7.86. The maximum absolute atomic E-state index is 12.8. The van der Waals surface area contributed by atoms with E-state index in [1.165, 1.54) is 0 Å². The van der Waals surface area contributed by atoms with E-state index in [2.05, 4.69) is 0 Å². The Bertz CT molecular complexity index is 1030. The molecular formula is C18H24F18O8S2. The maximum atomic E-state index is 12.8. The molecule has 0 aliphatic rings. The molecule has 0 aromatic carbocycles. The quantitative estimate of drug-likeness (QED) is 0.0901. The zero-order valence-electron chi connectivity index (χ0n) is 22.1. The molecule has 0 fully saturated rings. The lowest BCUT2D eigenvalue weighted by Gasteiger charge is -2.33. The molecule has 0 aliphatic carbocycles. The Kier molecular flexibility index (Phi) is 17.8. The van der Waals surface area contributed by atoms with E-state index in [0.717, 1.165) is 12.8 Å². The third-order valence-corrected chi connectivity index (χ3v) is 6.38. The standard InChI is InChI=1S/2C7H7F9O3S.C4H10O2/c2*8-4(9,2-1-3-20(17,18)19)5(10,11)6(12,13)7(14,15)16;5-3-1-2-4-6/h2*1-3H2,(H,17,18,19);5-6H,1-4H2. The van der Waals surface area contributed by atoms with Crippen molar-refractivity contribution in [1.82, 2.24) is 0 Å². The zero-order valence-corrected chi connectivity index (χ0v) is 23.7. The molecule has 0 saturated carbocycles. The molecule has 0 rings (SSSR count). The van der Waals surface area contributed by atoms with Gasteiger partial charge in [-0.25, -0.2) is 0 Å². The number of alkyl halides is 18. The summed E-state index contributed by atoms with van der Waals surface area (Å²) in [5.74, 6) is -42.2. The lowest BCUT2D eigenvalue weighted by atomic mass is 10.00. The Morgan fingerprint density at radius 2 is 0.609 bits per heavy atom. The number of aliphatic hydroxyl groups is 2. The van der Waals surface area contributed by atoms with Crippen LogP contribution in [0.3, 0.4) is 0 Å². The van der Waals surface area contributed by atoms with Crippen LogP contribution in [0.4, 0.5) is 79.0 Å². The van der Waals surface area contributed by atoms with Crippen molar-refractivity contribution in [2.24, 2.45) is 0 Å². The number of halogens is 18. The van der Waals surface area contributed by atoms with E-state index in [1.807, 2.05) is 0 Å². The van der Waals surface area contributed by atoms with Crippen LogP contribution >= 0.6 is 0 Å². The van der Waals surface area contributed by atoms with Crippen molar-refractivity contribution in [3.05, 3.63) is 0 Å². The second kappa shape index (κ2) is 16.7. The molecule has 0 atom stereocenters. The van der Waals surface area contributed by atoms with Crippen molar-refractivity contribution >= 4 is 20.2 Å². The number of rotatable bonds is 15. The largest absolute Gasteiger partial charge is 0.460 e. The first-order chi connectivity index (χ1) is 19.8. The van der Waals surface area contributed by atoms with Gasteiger partial charge in [0.1, 0.15) is 0 Å². The molecule has 282 valence electrons. The van der Waals surface area contributed by atoms with E-state index in [1.54, 1.807) is 0 Å². The lowest BCUT2D eigenvalue weighted by Crippen LogP contribution is -2.60. The van der Waals surface area contributed by atoms with Gasteiger partial charge in [0.2, 0.25) is 0 Å². The molecule has 8 nitrogen and oxygen atoms in total. The minimum absolute atomic E-state index is 0.195. The highest BCUT2D eigenvalue weighted by Gasteiger charge is 2.82. The van der Waals surface area contributed by atoms with Gasteiger partial charge in [0, 0.05) is 26.1 Å². The fourth-order valence-corrected chi connectivity index (χ4v) is 3.32. The van der Waals surface area contributed by atoms with E-state index in [9.17, 15) is 95.9 Å². The third kappa shape index (κ3) is 14.3. The molecule has 0 unspecified atom stereocenters. The van der Waals surface area contributed by atoms with Crippen LogP contribution in [-0.2, 0) is 20.2 Å². The Labute approximate surface area is 247 Å². The molecule has 0 radical (unpaired) electrons. The molecule has 0 aliphatic heterocycles. The molecule has 46 heavy (non-hydrogen) atoms. The van der Waals surface area contributed by atoms with E-state index in [-0.39, 0.29) is 13.2 Å². The molecule has 0 aromatic heterocycles. The molecule has 4 N–H and O–H groups in total. The Hall–Kier alpha value is -1.52. The number of hydrogen-bond acceptors (Lipinski definition) is 6. The smallest absolute Gasteiger partial charge is 0.396 e. The predicted molar refractivity (Wildman–Crippen MR) is 116 cm³/mol. The van der Waals surface area contributed by atoms with Crippen LogP contribution in [0.25, 0.3) is 0 Å².